The van der Waals surface area contributed by atoms with Gasteiger partial charge in [0.05, 0.1) is 12.2 Å². The van der Waals surface area contributed by atoms with E-state index in [9.17, 15) is 8.78 Å². The monoisotopic (exact) mass is 498 g/mol. The van der Waals surface area contributed by atoms with Gasteiger partial charge in [-0.2, -0.15) is 5.10 Å². The molecular weight excluding hydrogens is 470 g/mol. The van der Waals surface area contributed by atoms with Crippen LogP contribution in [-0.2, 0) is 6.54 Å². The fourth-order valence-electron chi connectivity index (χ4n) is 5.30. The largest absolute Gasteiger partial charge is 0.388 e. The number of benzene rings is 2. The Kier molecular flexibility index (Phi) is 6.18. The number of hydrogen-bond donors (Lipinski definition) is 3. The average molecular weight is 499 g/mol. The molecule has 0 aliphatic carbocycles. The van der Waals surface area contributed by atoms with Crippen molar-refractivity contribution in [2.45, 2.75) is 25.3 Å². The summed E-state index contributed by atoms with van der Waals surface area (Å²) in [5, 5.41) is 12.5. The quantitative estimate of drug-likeness (QED) is 0.271. The van der Waals surface area contributed by atoms with Crippen molar-refractivity contribution in [2.75, 3.05) is 25.5 Å². The van der Waals surface area contributed by atoms with Gasteiger partial charge < -0.3 is 15.6 Å². The Morgan fingerprint density at radius 1 is 1.00 bits per heavy atom. The molecule has 6 nitrogen and oxygen atoms in total. The van der Waals surface area contributed by atoms with Gasteiger partial charge in [-0.1, -0.05) is 12.1 Å². The number of nitrogens with one attached hydrogen (secondary N) is 3. The molecule has 2 aromatic carbocycles. The zero-order valence-corrected chi connectivity index (χ0v) is 20.6. The highest BCUT2D eigenvalue weighted by Crippen LogP contribution is 2.36. The second kappa shape index (κ2) is 9.78. The third-order valence-electron chi connectivity index (χ3n) is 7.15. The van der Waals surface area contributed by atoms with E-state index in [0.29, 0.717) is 11.5 Å². The van der Waals surface area contributed by atoms with Crippen molar-refractivity contribution in [2.24, 2.45) is 0 Å². The zero-order chi connectivity index (χ0) is 25.4. The first-order valence-corrected chi connectivity index (χ1v) is 12.6. The normalized spacial score (nSPS) is 14.4. The van der Waals surface area contributed by atoms with Crippen LogP contribution in [0.25, 0.3) is 33.4 Å². The van der Waals surface area contributed by atoms with Gasteiger partial charge in [0.15, 0.2) is 0 Å². The summed E-state index contributed by atoms with van der Waals surface area (Å²) in [5.74, 6) is -0.626. The number of piperidine rings is 1. The predicted molar refractivity (Wildman–Crippen MR) is 143 cm³/mol. The maximum absolute atomic E-state index is 13.6. The van der Waals surface area contributed by atoms with Crippen molar-refractivity contribution in [3.63, 3.8) is 0 Å². The first-order valence-electron chi connectivity index (χ1n) is 12.6. The molecule has 188 valence electrons. The summed E-state index contributed by atoms with van der Waals surface area (Å²) in [4.78, 5) is 7.90. The summed E-state index contributed by atoms with van der Waals surface area (Å²) >= 11 is 0. The van der Waals surface area contributed by atoms with Crippen LogP contribution in [0.1, 0.15) is 29.9 Å². The lowest BCUT2D eigenvalue weighted by Gasteiger charge is -2.25. The molecule has 3 N–H and O–H groups in total. The molecule has 0 radical (unpaired) electrons. The number of pyridine rings is 1. The molecule has 5 aromatic rings. The maximum atomic E-state index is 13.6. The molecular formula is C29H28F2N6. The van der Waals surface area contributed by atoms with Crippen molar-refractivity contribution in [1.29, 1.82) is 0 Å². The molecule has 8 heteroatoms. The molecule has 0 amide bonds. The van der Waals surface area contributed by atoms with Crippen molar-refractivity contribution < 1.29 is 8.78 Å². The molecule has 1 saturated heterocycles. The summed E-state index contributed by atoms with van der Waals surface area (Å²) in [7, 11) is 1.98. The van der Waals surface area contributed by atoms with Crippen LogP contribution >= 0.6 is 0 Å². The Morgan fingerprint density at radius 3 is 2.59 bits per heavy atom. The molecule has 0 unspecified atom stereocenters. The summed E-state index contributed by atoms with van der Waals surface area (Å²) in [5.41, 5.74) is 7.63. The van der Waals surface area contributed by atoms with E-state index in [1.54, 1.807) is 4.68 Å². The topological polar surface area (TPSA) is 70.6 Å². The number of hydrogen-bond acceptors (Lipinski definition) is 4. The average Bonchev–Trinajstić information content (AvgIpc) is 3.54. The van der Waals surface area contributed by atoms with Gasteiger partial charge in [-0.15, -0.1) is 0 Å². The number of aromatic nitrogens is 4. The molecule has 0 saturated carbocycles. The Hall–Kier alpha value is -4.04. The van der Waals surface area contributed by atoms with Gasteiger partial charge in [-0.25, -0.2) is 13.8 Å². The highest BCUT2D eigenvalue weighted by molar-refractivity contribution is 5.95. The van der Waals surface area contributed by atoms with Crippen molar-refractivity contribution in [3.8, 4) is 22.4 Å². The van der Waals surface area contributed by atoms with Gasteiger partial charge in [0.1, 0.15) is 17.3 Å². The maximum Gasteiger partial charge on any atom is 0.137 e. The summed E-state index contributed by atoms with van der Waals surface area (Å²) < 4.78 is 28.9. The lowest BCUT2D eigenvalue weighted by Crippen LogP contribution is -2.27. The predicted octanol–water partition coefficient (Wildman–Crippen LogP) is 5.93. The Labute approximate surface area is 213 Å². The first-order chi connectivity index (χ1) is 18.1. The summed E-state index contributed by atoms with van der Waals surface area (Å²) in [6, 6.07) is 14.2. The third-order valence-corrected chi connectivity index (χ3v) is 7.15. The Balaban J connectivity index is 1.30. The van der Waals surface area contributed by atoms with E-state index in [1.165, 1.54) is 17.7 Å². The lowest BCUT2D eigenvalue weighted by molar-refractivity contribution is 0.461. The minimum atomic E-state index is -0.595. The molecule has 3 aromatic heterocycles. The molecule has 1 fully saturated rings. The van der Waals surface area contributed by atoms with E-state index in [-0.39, 0.29) is 6.54 Å². The van der Waals surface area contributed by atoms with Crippen LogP contribution in [0.15, 0.2) is 67.1 Å². The van der Waals surface area contributed by atoms with Crippen LogP contribution in [0.5, 0.6) is 0 Å². The summed E-state index contributed by atoms with van der Waals surface area (Å²) in [6.45, 7) is 2.39. The van der Waals surface area contributed by atoms with Crippen molar-refractivity contribution in [3.05, 3.63) is 89.9 Å². The fourth-order valence-corrected chi connectivity index (χ4v) is 5.30. The van der Waals surface area contributed by atoms with Gasteiger partial charge in [-0.05, 0) is 78.9 Å². The lowest BCUT2D eigenvalue weighted by atomic mass is 9.88. The van der Waals surface area contributed by atoms with E-state index >= 15 is 0 Å². The number of halogens is 2. The third kappa shape index (κ3) is 4.72. The molecule has 1 aliphatic rings. The van der Waals surface area contributed by atoms with E-state index < -0.39 is 11.6 Å². The number of rotatable bonds is 6. The first kappa shape index (κ1) is 23.4. The standard InChI is InChI=1S/C29H28F2N6/c1-32-28-13-20(2-3-24(28)19-4-7-33-8-5-19)21-12-25-26(16-35-29(25)34-15-21)27-6-9-37(36-27)17-18-10-22(30)14-23(31)11-18/h2-3,6,9-16,19,32-33H,4-5,7-8,17H2,1H3,(H,34,35). The summed E-state index contributed by atoms with van der Waals surface area (Å²) in [6.07, 6.45) is 7.89. The molecule has 6 rings (SSSR count). The van der Waals surface area contributed by atoms with Crippen LogP contribution < -0.4 is 10.6 Å². The van der Waals surface area contributed by atoms with Crippen LogP contribution in [-0.4, -0.2) is 39.9 Å². The highest BCUT2D eigenvalue weighted by atomic mass is 19.1. The number of aromatic amines is 1. The van der Waals surface area contributed by atoms with Crippen LogP contribution in [0.4, 0.5) is 14.5 Å². The second-order valence-corrected chi connectivity index (χ2v) is 9.58. The van der Waals surface area contributed by atoms with Crippen LogP contribution in [0.2, 0.25) is 0 Å². The molecule has 37 heavy (non-hydrogen) atoms. The van der Waals surface area contributed by atoms with E-state index in [4.69, 9.17) is 0 Å². The Morgan fingerprint density at radius 2 is 1.81 bits per heavy atom. The molecule has 0 atom stereocenters. The van der Waals surface area contributed by atoms with Crippen LogP contribution in [0, 0.1) is 11.6 Å². The smallest absolute Gasteiger partial charge is 0.137 e. The number of nitrogens with zero attached hydrogens (tertiary/aromatic N) is 3. The molecule has 0 spiro atoms. The van der Waals surface area contributed by atoms with Gasteiger partial charge in [-0.3, -0.25) is 4.68 Å². The highest BCUT2D eigenvalue weighted by Gasteiger charge is 2.19. The molecule has 0 bridgehead atoms. The number of fused-ring (bicyclic) bond motifs is 1. The van der Waals surface area contributed by atoms with Gasteiger partial charge in [0, 0.05) is 53.9 Å². The second-order valence-electron chi connectivity index (χ2n) is 9.58. The number of anilines is 1. The van der Waals surface area contributed by atoms with Crippen molar-refractivity contribution >= 4 is 16.7 Å². The van der Waals surface area contributed by atoms with Gasteiger partial charge in [0.2, 0.25) is 0 Å². The van der Waals surface area contributed by atoms with E-state index in [1.807, 2.05) is 31.7 Å². The van der Waals surface area contributed by atoms with Gasteiger partial charge in [0.25, 0.3) is 0 Å². The zero-order valence-electron chi connectivity index (χ0n) is 20.6. The van der Waals surface area contributed by atoms with E-state index in [0.717, 1.165) is 71.1 Å². The molecule has 1 aliphatic heterocycles. The molecule has 4 heterocycles. The number of H-pyrrole nitrogens is 1. The van der Waals surface area contributed by atoms with Crippen LogP contribution in [0.3, 0.4) is 0 Å². The van der Waals surface area contributed by atoms with Gasteiger partial charge >= 0.3 is 0 Å². The fraction of sp³-hybridized carbons (Fsp3) is 0.241. The minimum absolute atomic E-state index is 0.275. The SMILES string of the molecule is CNc1cc(-c2cnc3[nH]cc(-c4ccn(Cc5cc(F)cc(F)c5)n4)c3c2)ccc1C1CCNCC1. The Bertz CT molecular complexity index is 1540. The van der Waals surface area contributed by atoms with Crippen molar-refractivity contribution in [1.82, 2.24) is 25.1 Å². The minimum Gasteiger partial charge on any atom is -0.388 e. The van der Waals surface area contributed by atoms with E-state index in [2.05, 4.69) is 50.0 Å².